The molecule has 0 bridgehead atoms. The molecule has 1 aliphatic heterocycles. The highest BCUT2D eigenvalue weighted by Crippen LogP contribution is 2.19. The molecular formula is C17H24N4O. The summed E-state index contributed by atoms with van der Waals surface area (Å²) in [7, 11) is 0. The van der Waals surface area contributed by atoms with Crippen LogP contribution in [0.4, 0.5) is 5.69 Å². The molecular weight excluding hydrogens is 276 g/mol. The van der Waals surface area contributed by atoms with Crippen molar-refractivity contribution in [2.75, 3.05) is 18.4 Å². The first kappa shape index (κ1) is 16.4. The summed E-state index contributed by atoms with van der Waals surface area (Å²) in [6.45, 7) is 9.46. The summed E-state index contributed by atoms with van der Waals surface area (Å²) in [5.74, 6) is 0.355. The van der Waals surface area contributed by atoms with Crippen molar-refractivity contribution in [2.45, 2.75) is 25.3 Å². The maximum absolute atomic E-state index is 12.2. The van der Waals surface area contributed by atoms with Crippen molar-refractivity contribution in [1.29, 1.82) is 0 Å². The topological polar surface area (TPSA) is 80.0 Å². The second-order valence-electron chi connectivity index (χ2n) is 5.63. The molecule has 1 saturated heterocycles. The number of carbonyl (C=O) groups excluding carboxylic acids is 1. The Balaban J connectivity index is 1.95. The smallest absolute Gasteiger partial charge is 0.241 e. The number of piperidine rings is 1. The van der Waals surface area contributed by atoms with Crippen LogP contribution in [0.25, 0.3) is 12.2 Å². The summed E-state index contributed by atoms with van der Waals surface area (Å²) >= 11 is 0. The number of nitrogens with zero attached hydrogens (tertiary/aromatic N) is 1. The highest BCUT2D eigenvalue weighted by molar-refractivity contribution is 5.94. The van der Waals surface area contributed by atoms with Crippen LogP contribution in [0.15, 0.2) is 25.4 Å². The van der Waals surface area contributed by atoms with E-state index in [1.54, 1.807) is 18.3 Å². The molecule has 118 valence electrons. The number of pyridine rings is 1. The molecule has 1 atom stereocenters. The van der Waals surface area contributed by atoms with E-state index < -0.39 is 6.04 Å². The Bertz CT molecular complexity index is 550. The number of carbonyl (C=O) groups is 1. The van der Waals surface area contributed by atoms with Crippen molar-refractivity contribution in [2.24, 2.45) is 11.7 Å². The Morgan fingerprint density at radius 1 is 1.45 bits per heavy atom. The first-order valence-electron chi connectivity index (χ1n) is 7.66. The first-order valence-corrected chi connectivity index (χ1v) is 7.66. The second-order valence-corrected chi connectivity index (χ2v) is 5.63. The molecule has 2 heterocycles. The van der Waals surface area contributed by atoms with Crippen LogP contribution in [0.1, 0.15) is 30.5 Å². The molecule has 2 rings (SSSR count). The van der Waals surface area contributed by atoms with E-state index in [0.717, 1.165) is 43.6 Å². The predicted molar refractivity (Wildman–Crippen MR) is 91.2 cm³/mol. The Labute approximate surface area is 131 Å². The second kappa shape index (κ2) is 7.87. The van der Waals surface area contributed by atoms with Crippen LogP contribution in [0.3, 0.4) is 0 Å². The van der Waals surface area contributed by atoms with Crippen LogP contribution in [-0.2, 0) is 4.79 Å². The maximum atomic E-state index is 12.2. The first-order chi connectivity index (χ1) is 10.6. The van der Waals surface area contributed by atoms with E-state index in [1.807, 2.05) is 6.07 Å². The molecule has 1 amide bonds. The molecule has 1 unspecified atom stereocenters. The lowest BCUT2D eigenvalue weighted by Crippen LogP contribution is -2.39. The van der Waals surface area contributed by atoms with Crippen LogP contribution in [0, 0.1) is 5.92 Å². The molecule has 4 N–H and O–H groups in total. The molecule has 1 fully saturated rings. The van der Waals surface area contributed by atoms with E-state index in [1.165, 1.54) is 0 Å². The molecule has 1 aromatic heterocycles. The van der Waals surface area contributed by atoms with Crippen LogP contribution < -0.4 is 16.4 Å². The highest BCUT2D eigenvalue weighted by atomic mass is 16.2. The van der Waals surface area contributed by atoms with Gasteiger partial charge in [0, 0.05) is 5.56 Å². The van der Waals surface area contributed by atoms with Gasteiger partial charge >= 0.3 is 0 Å². The summed E-state index contributed by atoms with van der Waals surface area (Å²) in [6, 6.07) is 1.33. The van der Waals surface area contributed by atoms with Crippen molar-refractivity contribution in [3.05, 3.63) is 36.7 Å². The van der Waals surface area contributed by atoms with E-state index in [2.05, 4.69) is 28.8 Å². The van der Waals surface area contributed by atoms with Crippen molar-refractivity contribution < 1.29 is 4.79 Å². The van der Waals surface area contributed by atoms with E-state index in [0.29, 0.717) is 11.6 Å². The molecule has 0 spiro atoms. The summed E-state index contributed by atoms with van der Waals surface area (Å²) in [5.41, 5.74) is 8.24. The van der Waals surface area contributed by atoms with Gasteiger partial charge in [-0.2, -0.15) is 0 Å². The van der Waals surface area contributed by atoms with Crippen molar-refractivity contribution in [3.63, 3.8) is 0 Å². The van der Waals surface area contributed by atoms with E-state index in [9.17, 15) is 4.79 Å². The third-order valence-corrected chi connectivity index (χ3v) is 4.01. The largest absolute Gasteiger partial charge is 0.323 e. The van der Waals surface area contributed by atoms with Gasteiger partial charge in [-0.05, 0) is 50.4 Å². The molecule has 0 saturated carbocycles. The van der Waals surface area contributed by atoms with Crippen LogP contribution in [0.5, 0.6) is 0 Å². The summed E-state index contributed by atoms with van der Waals surface area (Å²) < 4.78 is 0. The summed E-state index contributed by atoms with van der Waals surface area (Å²) in [4.78, 5) is 16.5. The minimum atomic E-state index is -0.491. The Morgan fingerprint density at radius 3 is 2.82 bits per heavy atom. The molecule has 1 aromatic rings. The summed E-state index contributed by atoms with van der Waals surface area (Å²) in [5, 5.41) is 6.15. The van der Waals surface area contributed by atoms with Crippen molar-refractivity contribution in [1.82, 2.24) is 10.3 Å². The zero-order valence-corrected chi connectivity index (χ0v) is 12.8. The van der Waals surface area contributed by atoms with Crippen LogP contribution >= 0.6 is 0 Å². The number of aromatic nitrogens is 1. The fourth-order valence-corrected chi connectivity index (χ4v) is 2.71. The molecule has 0 aliphatic carbocycles. The van der Waals surface area contributed by atoms with Gasteiger partial charge in [0.05, 0.1) is 23.6 Å². The van der Waals surface area contributed by atoms with E-state index in [4.69, 9.17) is 5.73 Å². The molecule has 0 aromatic carbocycles. The van der Waals surface area contributed by atoms with Gasteiger partial charge in [-0.15, -0.1) is 0 Å². The zero-order valence-electron chi connectivity index (χ0n) is 12.8. The number of hydrogen-bond acceptors (Lipinski definition) is 4. The Kier molecular flexibility index (Phi) is 5.86. The lowest BCUT2D eigenvalue weighted by molar-refractivity contribution is -0.117. The zero-order chi connectivity index (χ0) is 15.9. The number of anilines is 1. The number of hydrogen-bond donors (Lipinski definition) is 3. The van der Waals surface area contributed by atoms with Gasteiger partial charge in [-0.1, -0.05) is 19.2 Å². The van der Waals surface area contributed by atoms with Gasteiger partial charge in [0.25, 0.3) is 0 Å². The monoisotopic (exact) mass is 300 g/mol. The van der Waals surface area contributed by atoms with E-state index >= 15 is 0 Å². The minimum Gasteiger partial charge on any atom is -0.323 e. The standard InChI is InChI=1S/C17H24N4O/c1-3-13-10-14(11-20-16(13)4-2)21-17(22)15(18)9-12-5-7-19-8-6-12/h3-4,10-12,15,19H,1-2,5-9,18H2,(H,21,22). The Morgan fingerprint density at radius 2 is 2.18 bits per heavy atom. The third-order valence-electron chi connectivity index (χ3n) is 4.01. The molecule has 5 heteroatoms. The average molecular weight is 300 g/mol. The molecule has 1 aliphatic rings. The van der Waals surface area contributed by atoms with Gasteiger partial charge in [-0.3, -0.25) is 9.78 Å². The Hall–Kier alpha value is -1.98. The number of nitrogens with two attached hydrogens (primary N) is 1. The van der Waals surface area contributed by atoms with Crippen LogP contribution in [-0.4, -0.2) is 30.0 Å². The fraction of sp³-hybridized carbons (Fsp3) is 0.412. The van der Waals surface area contributed by atoms with Gasteiger partial charge in [-0.25, -0.2) is 0 Å². The van der Waals surface area contributed by atoms with Crippen LogP contribution in [0.2, 0.25) is 0 Å². The SMILES string of the molecule is C=Cc1cc(NC(=O)C(N)CC2CCNCC2)cnc1C=C. The third kappa shape index (κ3) is 4.26. The van der Waals surface area contributed by atoms with Gasteiger partial charge < -0.3 is 16.4 Å². The lowest BCUT2D eigenvalue weighted by atomic mass is 9.91. The predicted octanol–water partition coefficient (Wildman–Crippen LogP) is 2.02. The van der Waals surface area contributed by atoms with Crippen molar-refractivity contribution in [3.8, 4) is 0 Å². The fourth-order valence-electron chi connectivity index (χ4n) is 2.71. The van der Waals surface area contributed by atoms with Gasteiger partial charge in [0.2, 0.25) is 5.91 Å². The molecule has 5 nitrogen and oxygen atoms in total. The lowest BCUT2D eigenvalue weighted by Gasteiger charge is -2.24. The van der Waals surface area contributed by atoms with Gasteiger partial charge in [0.15, 0.2) is 0 Å². The highest BCUT2D eigenvalue weighted by Gasteiger charge is 2.21. The number of amides is 1. The average Bonchev–Trinajstić information content (AvgIpc) is 2.55. The summed E-state index contributed by atoms with van der Waals surface area (Å²) in [6.07, 6.45) is 7.84. The normalized spacial score (nSPS) is 16.8. The molecule has 22 heavy (non-hydrogen) atoms. The number of rotatable bonds is 6. The van der Waals surface area contributed by atoms with Crippen molar-refractivity contribution >= 4 is 23.7 Å². The number of nitrogens with one attached hydrogen (secondary N) is 2. The quantitative estimate of drug-likeness (QED) is 0.751. The van der Waals surface area contributed by atoms with Gasteiger partial charge in [0.1, 0.15) is 0 Å². The maximum Gasteiger partial charge on any atom is 0.241 e. The minimum absolute atomic E-state index is 0.165. The molecule has 0 radical (unpaired) electrons. The van der Waals surface area contributed by atoms with E-state index in [-0.39, 0.29) is 5.91 Å².